The summed E-state index contributed by atoms with van der Waals surface area (Å²) in [6, 6.07) is 55.0. The van der Waals surface area contributed by atoms with Crippen LogP contribution in [0.25, 0.3) is 72.1 Å². The molecule has 0 radical (unpaired) electrons. The van der Waals surface area contributed by atoms with Gasteiger partial charge in [0, 0.05) is 33.6 Å². The Balaban J connectivity index is 1.28. The summed E-state index contributed by atoms with van der Waals surface area (Å²) in [5.74, 6) is 0. The van der Waals surface area contributed by atoms with Gasteiger partial charge in [-0.15, -0.1) is 0 Å². The Bertz CT molecular complexity index is 2430. The summed E-state index contributed by atoms with van der Waals surface area (Å²) in [6.45, 7) is 4.67. The molecule has 0 amide bonds. The Morgan fingerprint density at radius 3 is 1.96 bits per heavy atom. The second kappa shape index (κ2) is 10.2. The highest BCUT2D eigenvalue weighted by Crippen LogP contribution is 2.49. The summed E-state index contributed by atoms with van der Waals surface area (Å²) in [7, 11) is 0. The molecule has 9 rings (SSSR count). The summed E-state index contributed by atoms with van der Waals surface area (Å²) in [5.41, 5.74) is 15.8. The number of hydrogen-bond donors (Lipinski definition) is 0. The highest BCUT2D eigenvalue weighted by atomic mass is 15.0. The van der Waals surface area contributed by atoms with E-state index in [0.29, 0.717) is 0 Å². The van der Waals surface area contributed by atoms with Gasteiger partial charge in [-0.3, -0.25) is 4.98 Å². The lowest BCUT2D eigenvalue weighted by Crippen LogP contribution is -2.14. The minimum Gasteiger partial charge on any atom is -0.307 e. The van der Waals surface area contributed by atoms with E-state index < -0.39 is 0 Å². The van der Waals surface area contributed by atoms with Gasteiger partial charge in [-0.05, 0) is 80.9 Å². The van der Waals surface area contributed by atoms with Crippen LogP contribution in [0.1, 0.15) is 25.0 Å². The average Bonchev–Trinajstić information content (AvgIpc) is 3.57. The van der Waals surface area contributed by atoms with Gasteiger partial charge in [-0.2, -0.15) is 0 Å². The summed E-state index contributed by atoms with van der Waals surface area (Å²) in [5, 5.41) is 2.42. The highest BCUT2D eigenvalue weighted by molar-refractivity contribution is 6.14. The number of benzene rings is 6. The lowest BCUT2D eigenvalue weighted by Gasteiger charge is -2.21. The van der Waals surface area contributed by atoms with Gasteiger partial charge in [0.05, 0.1) is 16.7 Å². The van der Waals surface area contributed by atoms with Crippen LogP contribution >= 0.6 is 0 Å². The fourth-order valence-electron chi connectivity index (χ4n) is 7.57. The van der Waals surface area contributed by atoms with E-state index in [2.05, 4.69) is 170 Å². The van der Waals surface area contributed by atoms with Crippen LogP contribution in [0, 0.1) is 0 Å². The largest absolute Gasteiger partial charge is 0.307 e. The molecule has 2 heteroatoms. The fraction of sp³-hybridized carbons (Fsp3) is 0.0682. The molecule has 0 spiro atoms. The number of nitrogens with zero attached hydrogens (tertiary/aromatic N) is 2. The van der Waals surface area contributed by atoms with E-state index in [1.165, 1.54) is 60.8 Å². The van der Waals surface area contributed by atoms with Gasteiger partial charge in [0.2, 0.25) is 0 Å². The van der Waals surface area contributed by atoms with Crippen molar-refractivity contribution in [1.29, 1.82) is 0 Å². The molecule has 218 valence electrons. The normalized spacial score (nSPS) is 13.2. The third-order valence-electron chi connectivity index (χ3n) is 9.85. The zero-order valence-electron chi connectivity index (χ0n) is 25.9. The predicted molar refractivity (Wildman–Crippen MR) is 192 cm³/mol. The molecule has 0 fully saturated rings. The molecule has 0 N–H and O–H groups in total. The smallest absolute Gasteiger partial charge is 0.0948 e. The van der Waals surface area contributed by atoms with Gasteiger partial charge in [-0.1, -0.05) is 129 Å². The van der Waals surface area contributed by atoms with E-state index in [1.807, 2.05) is 6.20 Å². The average molecular weight is 589 g/mol. The summed E-state index contributed by atoms with van der Waals surface area (Å²) in [6.07, 6.45) is 1.95. The van der Waals surface area contributed by atoms with Crippen molar-refractivity contribution >= 4 is 21.8 Å². The standard InChI is InChI=1S/C44H32N2/c1-44(2)39-19-10-9-18-35(39)37-27-32(20-22-40(37)44)33-21-23-41-38(28-33)36-24-25-45-42(30-14-7-4-8-15-30)43(36)46(41)34-17-11-16-31(26-34)29-12-5-3-6-13-29/h3-28H,1-2H3. The van der Waals surface area contributed by atoms with Crippen molar-refractivity contribution in [3.8, 4) is 50.3 Å². The first-order valence-corrected chi connectivity index (χ1v) is 16.0. The third kappa shape index (κ3) is 4.00. The summed E-state index contributed by atoms with van der Waals surface area (Å²) >= 11 is 0. The third-order valence-corrected chi connectivity index (χ3v) is 9.85. The molecule has 0 bridgehead atoms. The first-order valence-electron chi connectivity index (χ1n) is 16.0. The van der Waals surface area contributed by atoms with Crippen LogP contribution in [0.3, 0.4) is 0 Å². The monoisotopic (exact) mass is 588 g/mol. The van der Waals surface area contributed by atoms with Gasteiger partial charge < -0.3 is 4.57 Å². The van der Waals surface area contributed by atoms with Gasteiger partial charge in [0.1, 0.15) is 0 Å². The SMILES string of the molecule is CC1(C)c2ccccc2-c2cc(-c3ccc4c(c3)c3ccnc(-c5ccccc5)c3n4-c3cccc(-c4ccccc4)c3)ccc21. The van der Waals surface area contributed by atoms with Gasteiger partial charge >= 0.3 is 0 Å². The topological polar surface area (TPSA) is 17.8 Å². The van der Waals surface area contributed by atoms with Gasteiger partial charge in [0.25, 0.3) is 0 Å². The van der Waals surface area contributed by atoms with E-state index >= 15 is 0 Å². The Hall–Kier alpha value is -5.73. The molecule has 2 aromatic heterocycles. The molecule has 0 saturated carbocycles. The number of hydrogen-bond acceptors (Lipinski definition) is 1. The van der Waals surface area contributed by atoms with E-state index in [0.717, 1.165) is 22.5 Å². The Kier molecular flexibility index (Phi) is 5.88. The van der Waals surface area contributed by atoms with Crippen molar-refractivity contribution < 1.29 is 0 Å². The Morgan fingerprint density at radius 1 is 0.478 bits per heavy atom. The maximum absolute atomic E-state index is 4.97. The second-order valence-electron chi connectivity index (χ2n) is 12.8. The van der Waals surface area contributed by atoms with Crippen LogP contribution in [0.4, 0.5) is 0 Å². The lowest BCUT2D eigenvalue weighted by molar-refractivity contribution is 0.660. The zero-order chi connectivity index (χ0) is 30.8. The molecule has 0 atom stereocenters. The molecule has 2 heterocycles. The molecular formula is C44H32N2. The first-order chi connectivity index (χ1) is 22.6. The van der Waals surface area contributed by atoms with Gasteiger partial charge in [-0.25, -0.2) is 0 Å². The molecule has 6 aromatic carbocycles. The van der Waals surface area contributed by atoms with E-state index in [4.69, 9.17) is 4.98 Å². The number of rotatable bonds is 4. The fourth-order valence-corrected chi connectivity index (χ4v) is 7.57. The van der Waals surface area contributed by atoms with Crippen molar-refractivity contribution in [1.82, 2.24) is 9.55 Å². The minimum atomic E-state index is -0.00302. The molecule has 2 nitrogen and oxygen atoms in total. The highest BCUT2D eigenvalue weighted by Gasteiger charge is 2.35. The van der Waals surface area contributed by atoms with Crippen molar-refractivity contribution in [2.24, 2.45) is 0 Å². The van der Waals surface area contributed by atoms with Crippen molar-refractivity contribution in [2.45, 2.75) is 19.3 Å². The molecule has 8 aromatic rings. The van der Waals surface area contributed by atoms with Crippen molar-refractivity contribution in [2.75, 3.05) is 0 Å². The zero-order valence-corrected chi connectivity index (χ0v) is 25.9. The van der Waals surface area contributed by atoms with Crippen LogP contribution in [-0.4, -0.2) is 9.55 Å². The van der Waals surface area contributed by atoms with Crippen LogP contribution in [0.5, 0.6) is 0 Å². The minimum absolute atomic E-state index is 0.00302. The maximum atomic E-state index is 4.97. The van der Waals surface area contributed by atoms with Gasteiger partial charge in [0.15, 0.2) is 0 Å². The second-order valence-corrected chi connectivity index (χ2v) is 12.8. The predicted octanol–water partition coefficient (Wildman–Crippen LogP) is 11.5. The Morgan fingerprint density at radius 2 is 1.13 bits per heavy atom. The number of pyridine rings is 1. The quantitative estimate of drug-likeness (QED) is 0.200. The van der Waals surface area contributed by atoms with Crippen LogP contribution in [-0.2, 0) is 5.41 Å². The molecule has 0 saturated heterocycles. The van der Waals surface area contributed by atoms with Crippen molar-refractivity contribution in [3.05, 3.63) is 169 Å². The first kappa shape index (κ1) is 26.7. The number of fused-ring (bicyclic) bond motifs is 6. The van der Waals surface area contributed by atoms with Crippen molar-refractivity contribution in [3.63, 3.8) is 0 Å². The molecule has 0 aliphatic heterocycles. The molecule has 1 aliphatic rings. The van der Waals surface area contributed by atoms with E-state index in [9.17, 15) is 0 Å². The molecular weight excluding hydrogens is 556 g/mol. The molecule has 1 aliphatic carbocycles. The van der Waals surface area contributed by atoms with Crippen LogP contribution in [0.2, 0.25) is 0 Å². The van der Waals surface area contributed by atoms with E-state index in [1.54, 1.807) is 0 Å². The maximum Gasteiger partial charge on any atom is 0.0948 e. The lowest BCUT2D eigenvalue weighted by atomic mass is 9.82. The molecule has 46 heavy (non-hydrogen) atoms. The van der Waals surface area contributed by atoms with Crippen LogP contribution < -0.4 is 0 Å². The Labute approximate surface area is 269 Å². The van der Waals surface area contributed by atoms with E-state index in [-0.39, 0.29) is 5.41 Å². The molecule has 0 unspecified atom stereocenters. The summed E-state index contributed by atoms with van der Waals surface area (Å²) in [4.78, 5) is 4.97. The number of aromatic nitrogens is 2. The summed E-state index contributed by atoms with van der Waals surface area (Å²) < 4.78 is 2.40. The van der Waals surface area contributed by atoms with Crippen LogP contribution in [0.15, 0.2) is 158 Å².